The lowest BCUT2D eigenvalue weighted by Crippen LogP contribution is -2.37. The van der Waals surface area contributed by atoms with Crippen molar-refractivity contribution in [3.63, 3.8) is 0 Å². The molecule has 0 bridgehead atoms. The summed E-state index contributed by atoms with van der Waals surface area (Å²) in [5, 5.41) is 6.50. The predicted octanol–water partition coefficient (Wildman–Crippen LogP) is 2.20. The molecule has 0 spiro atoms. The Labute approximate surface area is 168 Å². The molecule has 0 atom stereocenters. The fourth-order valence-corrected chi connectivity index (χ4v) is 1.86. The van der Waals surface area contributed by atoms with Crippen molar-refractivity contribution in [2.24, 2.45) is 4.99 Å². The van der Waals surface area contributed by atoms with Gasteiger partial charge in [-0.05, 0) is 25.8 Å². The summed E-state index contributed by atoms with van der Waals surface area (Å²) in [6.45, 7) is 7.38. The van der Waals surface area contributed by atoms with Crippen LogP contribution in [0.2, 0.25) is 0 Å². The fourth-order valence-electron chi connectivity index (χ4n) is 1.86. The highest BCUT2D eigenvalue weighted by Gasteiger charge is 2.01. The van der Waals surface area contributed by atoms with Crippen LogP contribution < -0.4 is 15.4 Å². The van der Waals surface area contributed by atoms with Crippen molar-refractivity contribution in [1.82, 2.24) is 15.6 Å². The number of pyridine rings is 1. The molecule has 0 aliphatic heterocycles. The van der Waals surface area contributed by atoms with E-state index in [-0.39, 0.29) is 30.1 Å². The van der Waals surface area contributed by atoms with Crippen LogP contribution in [0, 0.1) is 0 Å². The van der Waals surface area contributed by atoms with Crippen LogP contribution in [0.15, 0.2) is 23.3 Å². The van der Waals surface area contributed by atoms with Crippen LogP contribution in [-0.4, -0.2) is 57.6 Å². The maximum Gasteiger partial charge on any atom is 0.213 e. The van der Waals surface area contributed by atoms with Crippen molar-refractivity contribution in [2.75, 3.05) is 40.5 Å². The molecule has 0 amide bonds. The van der Waals surface area contributed by atoms with Gasteiger partial charge in [0, 0.05) is 46.1 Å². The molecule has 1 rings (SSSR count). The Bertz CT molecular complexity index is 469. The van der Waals surface area contributed by atoms with Gasteiger partial charge in [-0.2, -0.15) is 0 Å². The number of rotatable bonds is 11. The summed E-state index contributed by atoms with van der Waals surface area (Å²) in [6.07, 6.45) is 2.84. The Hall–Kier alpha value is -1.13. The molecule has 0 fully saturated rings. The standard InChI is InChI=1S/C17H30N4O3.HI/c1-14(2)24-16-7-6-15(12-20-16)13-21-17(18-3)19-8-5-9-23-11-10-22-4;/h6-7,12,14H,5,8-11,13H2,1-4H3,(H2,18,19,21);1H. The summed E-state index contributed by atoms with van der Waals surface area (Å²) in [6, 6.07) is 3.87. The zero-order valence-corrected chi connectivity index (χ0v) is 17.9. The first kappa shape index (κ1) is 23.9. The van der Waals surface area contributed by atoms with Gasteiger partial charge in [0.1, 0.15) is 0 Å². The van der Waals surface area contributed by atoms with Crippen molar-refractivity contribution in [1.29, 1.82) is 0 Å². The van der Waals surface area contributed by atoms with E-state index in [0.717, 1.165) is 24.5 Å². The van der Waals surface area contributed by atoms with E-state index in [1.165, 1.54) is 0 Å². The Kier molecular flexibility index (Phi) is 14.5. The van der Waals surface area contributed by atoms with Crippen molar-refractivity contribution < 1.29 is 14.2 Å². The number of aromatic nitrogens is 1. The zero-order chi connectivity index (χ0) is 17.6. The Morgan fingerprint density at radius 1 is 1.20 bits per heavy atom. The number of aliphatic imine (C=N–C) groups is 1. The molecule has 0 saturated heterocycles. The molecule has 0 aliphatic carbocycles. The smallest absolute Gasteiger partial charge is 0.213 e. The third kappa shape index (κ3) is 12.0. The first-order valence-electron chi connectivity index (χ1n) is 8.28. The number of guanidine groups is 1. The van der Waals surface area contributed by atoms with Gasteiger partial charge in [0.15, 0.2) is 5.96 Å². The van der Waals surface area contributed by atoms with Crippen LogP contribution >= 0.6 is 24.0 Å². The Balaban J connectivity index is 0.00000576. The zero-order valence-electron chi connectivity index (χ0n) is 15.6. The lowest BCUT2D eigenvalue weighted by atomic mass is 10.3. The molecule has 2 N–H and O–H groups in total. The molecule has 1 aromatic rings. The van der Waals surface area contributed by atoms with Gasteiger partial charge in [-0.15, -0.1) is 24.0 Å². The van der Waals surface area contributed by atoms with E-state index in [4.69, 9.17) is 14.2 Å². The van der Waals surface area contributed by atoms with Crippen molar-refractivity contribution >= 4 is 29.9 Å². The van der Waals surface area contributed by atoms with Crippen LogP contribution in [0.3, 0.4) is 0 Å². The van der Waals surface area contributed by atoms with Crippen molar-refractivity contribution in [2.45, 2.75) is 32.9 Å². The van der Waals surface area contributed by atoms with Crippen molar-refractivity contribution in [3.05, 3.63) is 23.9 Å². The quantitative estimate of drug-likeness (QED) is 0.226. The minimum absolute atomic E-state index is 0. The molecule has 1 heterocycles. The fraction of sp³-hybridized carbons (Fsp3) is 0.647. The van der Waals surface area contributed by atoms with Gasteiger partial charge >= 0.3 is 0 Å². The van der Waals surface area contributed by atoms with Crippen LogP contribution in [0.4, 0.5) is 0 Å². The van der Waals surface area contributed by atoms with Crippen LogP contribution in [0.5, 0.6) is 5.88 Å². The minimum Gasteiger partial charge on any atom is -0.475 e. The predicted molar refractivity (Wildman–Crippen MR) is 111 cm³/mol. The second-order valence-corrected chi connectivity index (χ2v) is 5.48. The summed E-state index contributed by atoms with van der Waals surface area (Å²) in [4.78, 5) is 8.48. The molecule has 25 heavy (non-hydrogen) atoms. The number of methoxy groups -OCH3 is 1. The molecule has 0 aliphatic rings. The molecule has 0 saturated carbocycles. The Morgan fingerprint density at radius 2 is 2.00 bits per heavy atom. The highest BCUT2D eigenvalue weighted by molar-refractivity contribution is 14.0. The Morgan fingerprint density at radius 3 is 2.60 bits per heavy atom. The number of nitrogens with one attached hydrogen (secondary N) is 2. The van der Waals surface area contributed by atoms with Gasteiger partial charge < -0.3 is 24.8 Å². The second-order valence-electron chi connectivity index (χ2n) is 5.48. The number of halogens is 1. The number of hydrogen-bond donors (Lipinski definition) is 2. The molecule has 0 unspecified atom stereocenters. The summed E-state index contributed by atoms with van der Waals surface area (Å²) in [5.74, 6) is 1.40. The average molecular weight is 466 g/mol. The average Bonchev–Trinajstić information content (AvgIpc) is 2.57. The van der Waals surface area contributed by atoms with E-state index in [2.05, 4.69) is 20.6 Å². The lowest BCUT2D eigenvalue weighted by Gasteiger charge is -2.12. The van der Waals surface area contributed by atoms with E-state index >= 15 is 0 Å². The minimum atomic E-state index is 0. The van der Waals surface area contributed by atoms with E-state index in [1.807, 2.05) is 32.2 Å². The largest absolute Gasteiger partial charge is 0.475 e. The summed E-state index contributed by atoms with van der Waals surface area (Å²) < 4.78 is 15.9. The highest BCUT2D eigenvalue weighted by Crippen LogP contribution is 2.09. The molecular weight excluding hydrogens is 435 g/mol. The molecule has 1 aromatic heterocycles. The third-order valence-electron chi connectivity index (χ3n) is 3.03. The SMILES string of the molecule is CN=C(NCCCOCCOC)NCc1ccc(OC(C)C)nc1.I. The summed E-state index contributed by atoms with van der Waals surface area (Å²) >= 11 is 0. The molecule has 0 radical (unpaired) electrons. The van der Waals surface area contributed by atoms with Crippen LogP contribution in [-0.2, 0) is 16.0 Å². The molecule has 8 heteroatoms. The lowest BCUT2D eigenvalue weighted by molar-refractivity contribution is 0.0698. The van der Waals surface area contributed by atoms with Gasteiger partial charge in [0.25, 0.3) is 0 Å². The van der Waals surface area contributed by atoms with Gasteiger partial charge in [-0.3, -0.25) is 4.99 Å². The van der Waals surface area contributed by atoms with E-state index in [0.29, 0.717) is 32.2 Å². The van der Waals surface area contributed by atoms with E-state index in [1.54, 1.807) is 14.2 Å². The van der Waals surface area contributed by atoms with Crippen LogP contribution in [0.1, 0.15) is 25.8 Å². The number of ether oxygens (including phenoxy) is 3. The van der Waals surface area contributed by atoms with E-state index < -0.39 is 0 Å². The summed E-state index contributed by atoms with van der Waals surface area (Å²) in [7, 11) is 3.42. The first-order chi connectivity index (χ1) is 11.7. The third-order valence-corrected chi connectivity index (χ3v) is 3.03. The van der Waals surface area contributed by atoms with Gasteiger partial charge in [0.2, 0.25) is 5.88 Å². The first-order valence-corrected chi connectivity index (χ1v) is 8.28. The summed E-state index contributed by atoms with van der Waals surface area (Å²) in [5.41, 5.74) is 1.07. The molecule has 7 nitrogen and oxygen atoms in total. The van der Waals surface area contributed by atoms with E-state index in [9.17, 15) is 0 Å². The van der Waals surface area contributed by atoms with Gasteiger partial charge in [-0.25, -0.2) is 4.98 Å². The van der Waals surface area contributed by atoms with Gasteiger partial charge in [-0.1, -0.05) is 6.07 Å². The number of nitrogens with zero attached hydrogens (tertiary/aromatic N) is 2. The van der Waals surface area contributed by atoms with Crippen molar-refractivity contribution in [3.8, 4) is 5.88 Å². The monoisotopic (exact) mass is 466 g/mol. The number of hydrogen-bond acceptors (Lipinski definition) is 5. The maximum atomic E-state index is 5.53. The topological polar surface area (TPSA) is 77.0 Å². The molecule has 0 aromatic carbocycles. The molecular formula is C17H31IN4O3. The van der Waals surface area contributed by atoms with Gasteiger partial charge in [0.05, 0.1) is 19.3 Å². The normalized spacial score (nSPS) is 11.2. The second kappa shape index (κ2) is 15.2. The van der Waals surface area contributed by atoms with Crippen LogP contribution in [0.25, 0.3) is 0 Å². The molecule has 144 valence electrons. The maximum absolute atomic E-state index is 5.53. The highest BCUT2D eigenvalue weighted by atomic mass is 127.